The summed E-state index contributed by atoms with van der Waals surface area (Å²) in [6.07, 6.45) is 1.75. The van der Waals surface area contributed by atoms with Gasteiger partial charge in [-0.15, -0.1) is 0 Å². The summed E-state index contributed by atoms with van der Waals surface area (Å²) in [5.41, 5.74) is 2.17. The number of hydrogen-bond donors (Lipinski definition) is 1. The molecule has 0 saturated carbocycles. The number of rotatable bonds is 17. The molecule has 0 radical (unpaired) electrons. The van der Waals surface area contributed by atoms with Crippen molar-refractivity contribution in [2.45, 2.75) is 52.6 Å². The highest BCUT2D eigenvalue weighted by atomic mass is 32.2. The maximum Gasteiger partial charge on any atom is 0.243 e. The summed E-state index contributed by atoms with van der Waals surface area (Å²) in [4.78, 5) is 29.3. The van der Waals surface area contributed by atoms with Crippen LogP contribution in [-0.4, -0.2) is 64.2 Å². The topological polar surface area (TPSA) is 105 Å². The van der Waals surface area contributed by atoms with E-state index in [9.17, 15) is 18.0 Å². The first-order valence-corrected chi connectivity index (χ1v) is 16.8. The highest BCUT2D eigenvalue weighted by Gasteiger charge is 2.31. The normalized spacial score (nSPS) is 12.0. The van der Waals surface area contributed by atoms with E-state index in [0.717, 1.165) is 17.4 Å². The van der Waals surface area contributed by atoms with Crippen molar-refractivity contribution in [3.8, 4) is 11.5 Å². The van der Waals surface area contributed by atoms with Gasteiger partial charge in [-0.1, -0.05) is 68.4 Å². The zero-order chi connectivity index (χ0) is 32.1. The third-order valence-corrected chi connectivity index (χ3v) is 8.21. The van der Waals surface area contributed by atoms with Gasteiger partial charge in [0.1, 0.15) is 17.5 Å². The molecule has 3 aromatic carbocycles. The van der Waals surface area contributed by atoms with Crippen LogP contribution in [0.4, 0.5) is 5.69 Å². The minimum absolute atomic E-state index is 0.0372. The Labute approximate surface area is 262 Å². The predicted octanol–water partition coefficient (Wildman–Crippen LogP) is 5.05. The third kappa shape index (κ3) is 10.3. The van der Waals surface area contributed by atoms with Crippen LogP contribution in [0.1, 0.15) is 44.7 Å². The van der Waals surface area contributed by atoms with Gasteiger partial charge in [-0.3, -0.25) is 13.9 Å². The van der Waals surface area contributed by atoms with E-state index in [4.69, 9.17) is 9.47 Å². The summed E-state index contributed by atoms with van der Waals surface area (Å²) in [6.45, 7) is 6.99. The molecule has 0 aliphatic heterocycles. The van der Waals surface area contributed by atoms with Gasteiger partial charge in [0.2, 0.25) is 21.8 Å². The molecule has 2 amide bonds. The van der Waals surface area contributed by atoms with Gasteiger partial charge in [0.15, 0.2) is 0 Å². The van der Waals surface area contributed by atoms with E-state index in [-0.39, 0.29) is 43.7 Å². The summed E-state index contributed by atoms with van der Waals surface area (Å²) in [5, 5.41) is 3.02. The molecule has 0 bridgehead atoms. The van der Waals surface area contributed by atoms with Gasteiger partial charge >= 0.3 is 0 Å². The highest BCUT2D eigenvalue weighted by molar-refractivity contribution is 7.92. The number of carbonyl (C=O) groups excluding carboxylic acids is 2. The van der Waals surface area contributed by atoms with Gasteiger partial charge in [-0.05, 0) is 54.7 Å². The highest BCUT2D eigenvalue weighted by Crippen LogP contribution is 2.30. The SMILES string of the molecule is CCOc1ccccc1N(CCCC(=O)N(Cc1cccc(OC)c1)[C@@H](Cc1ccccc1)C(=O)NCC(C)C)S(C)(=O)=O. The average Bonchev–Trinajstić information content (AvgIpc) is 3.00. The van der Waals surface area contributed by atoms with Crippen molar-refractivity contribution >= 4 is 27.5 Å². The first-order chi connectivity index (χ1) is 21.0. The molecule has 0 saturated heterocycles. The molecule has 0 aromatic heterocycles. The maximum absolute atomic E-state index is 14.0. The van der Waals surface area contributed by atoms with Crippen LogP contribution in [0.2, 0.25) is 0 Å². The molecule has 44 heavy (non-hydrogen) atoms. The Balaban J connectivity index is 1.91. The standard InChI is InChI=1S/C34H45N3O6S/c1-6-43-32-19-11-10-18-30(32)37(44(5,40)41)21-13-20-33(38)36(25-28-16-12-17-29(22-28)42-4)31(34(39)35-24-26(2)3)23-27-14-8-7-9-15-27/h7-12,14-19,22,26,31H,6,13,20-21,23-25H2,1-5H3,(H,35,39)/t31-/m0/s1. The lowest BCUT2D eigenvalue weighted by Gasteiger charge is -2.32. The van der Waals surface area contributed by atoms with Crippen LogP contribution < -0.4 is 19.1 Å². The van der Waals surface area contributed by atoms with Crippen molar-refractivity contribution < 1.29 is 27.5 Å². The van der Waals surface area contributed by atoms with Gasteiger partial charge in [0.25, 0.3) is 0 Å². The number of amides is 2. The van der Waals surface area contributed by atoms with Crippen LogP contribution in [0.15, 0.2) is 78.9 Å². The lowest BCUT2D eigenvalue weighted by atomic mass is 10.0. The quantitative estimate of drug-likeness (QED) is 0.226. The third-order valence-electron chi connectivity index (χ3n) is 7.03. The van der Waals surface area contributed by atoms with Crippen molar-refractivity contribution in [1.82, 2.24) is 10.2 Å². The van der Waals surface area contributed by atoms with Crippen LogP contribution >= 0.6 is 0 Å². The second kappa shape index (κ2) is 16.7. The molecular formula is C34H45N3O6S. The van der Waals surface area contributed by atoms with E-state index in [1.807, 2.05) is 75.4 Å². The van der Waals surface area contributed by atoms with Gasteiger partial charge in [0, 0.05) is 32.5 Å². The zero-order valence-electron chi connectivity index (χ0n) is 26.4. The second-order valence-corrected chi connectivity index (χ2v) is 13.0. The average molecular weight is 624 g/mol. The Hall–Kier alpha value is -4.05. The first-order valence-electron chi connectivity index (χ1n) is 15.0. The number of nitrogens with one attached hydrogen (secondary N) is 1. The molecule has 0 fully saturated rings. The molecule has 0 aliphatic carbocycles. The summed E-state index contributed by atoms with van der Waals surface area (Å²) in [6, 6.07) is 23.2. The summed E-state index contributed by atoms with van der Waals surface area (Å²) in [5.74, 6) is 0.856. The Kier molecular flexibility index (Phi) is 13.1. The Morgan fingerprint density at radius 1 is 0.932 bits per heavy atom. The molecule has 3 aromatic rings. The first kappa shape index (κ1) is 34.4. The minimum Gasteiger partial charge on any atom is -0.497 e. The Morgan fingerprint density at radius 3 is 2.27 bits per heavy atom. The van der Waals surface area contributed by atoms with Crippen molar-refractivity contribution in [3.05, 3.63) is 90.0 Å². The molecule has 1 atom stereocenters. The Bertz CT molecular complexity index is 1460. The van der Waals surface area contributed by atoms with E-state index >= 15 is 0 Å². The number of benzene rings is 3. The van der Waals surface area contributed by atoms with Crippen molar-refractivity contribution in [2.75, 3.05) is 37.4 Å². The fourth-order valence-corrected chi connectivity index (χ4v) is 5.84. The molecule has 0 heterocycles. The van der Waals surface area contributed by atoms with Gasteiger partial charge in [0.05, 0.1) is 25.7 Å². The summed E-state index contributed by atoms with van der Waals surface area (Å²) < 4.78 is 38.0. The molecule has 3 rings (SSSR count). The number of para-hydroxylation sites is 2. The zero-order valence-corrected chi connectivity index (χ0v) is 27.2. The van der Waals surface area contributed by atoms with Crippen LogP contribution in [0.5, 0.6) is 11.5 Å². The number of methoxy groups -OCH3 is 1. The maximum atomic E-state index is 14.0. The second-order valence-electron chi connectivity index (χ2n) is 11.1. The molecule has 9 nitrogen and oxygen atoms in total. The minimum atomic E-state index is -3.67. The van der Waals surface area contributed by atoms with E-state index in [2.05, 4.69) is 5.32 Å². The molecule has 238 valence electrons. The fourth-order valence-electron chi connectivity index (χ4n) is 4.87. The summed E-state index contributed by atoms with van der Waals surface area (Å²) >= 11 is 0. The number of ether oxygens (including phenoxy) is 2. The van der Waals surface area contributed by atoms with Crippen molar-refractivity contribution in [3.63, 3.8) is 0 Å². The lowest BCUT2D eigenvalue weighted by Crippen LogP contribution is -2.51. The number of nitrogens with zero attached hydrogens (tertiary/aromatic N) is 2. The smallest absolute Gasteiger partial charge is 0.243 e. The number of sulfonamides is 1. The fraction of sp³-hybridized carbons (Fsp3) is 0.412. The predicted molar refractivity (Wildman–Crippen MR) is 174 cm³/mol. The largest absolute Gasteiger partial charge is 0.497 e. The molecule has 1 N–H and O–H groups in total. The van der Waals surface area contributed by atoms with E-state index in [0.29, 0.717) is 36.8 Å². The van der Waals surface area contributed by atoms with E-state index < -0.39 is 16.1 Å². The number of hydrogen-bond acceptors (Lipinski definition) is 6. The monoisotopic (exact) mass is 623 g/mol. The Morgan fingerprint density at radius 2 is 1.61 bits per heavy atom. The molecule has 10 heteroatoms. The van der Waals surface area contributed by atoms with Crippen LogP contribution in [0, 0.1) is 5.92 Å². The van der Waals surface area contributed by atoms with E-state index in [1.165, 1.54) is 4.31 Å². The lowest BCUT2D eigenvalue weighted by molar-refractivity contribution is -0.141. The molecule has 0 spiro atoms. The van der Waals surface area contributed by atoms with Crippen LogP contribution in [-0.2, 0) is 32.6 Å². The summed E-state index contributed by atoms with van der Waals surface area (Å²) in [7, 11) is -2.09. The van der Waals surface area contributed by atoms with Gasteiger partial charge in [-0.2, -0.15) is 0 Å². The van der Waals surface area contributed by atoms with Crippen molar-refractivity contribution in [2.24, 2.45) is 5.92 Å². The van der Waals surface area contributed by atoms with Crippen LogP contribution in [0.3, 0.4) is 0 Å². The molecule has 0 unspecified atom stereocenters. The van der Waals surface area contributed by atoms with Crippen molar-refractivity contribution in [1.29, 1.82) is 0 Å². The van der Waals surface area contributed by atoms with Crippen LogP contribution in [0.25, 0.3) is 0 Å². The van der Waals surface area contributed by atoms with E-state index in [1.54, 1.807) is 36.3 Å². The molecule has 0 aliphatic rings. The molecular weight excluding hydrogens is 578 g/mol. The number of anilines is 1. The number of carbonyl (C=O) groups is 2. The van der Waals surface area contributed by atoms with Gasteiger partial charge in [-0.25, -0.2) is 8.42 Å². The van der Waals surface area contributed by atoms with Gasteiger partial charge < -0.3 is 19.7 Å².